The van der Waals surface area contributed by atoms with Gasteiger partial charge >= 0.3 is 0 Å². The van der Waals surface area contributed by atoms with E-state index in [0.717, 1.165) is 12.2 Å². The normalized spacial score (nSPS) is 15.9. The Hall–Kier alpha value is -0.900. The molecule has 15 heavy (non-hydrogen) atoms. The molecule has 0 amide bonds. The van der Waals surface area contributed by atoms with Gasteiger partial charge in [-0.2, -0.15) is 0 Å². The van der Waals surface area contributed by atoms with Crippen molar-refractivity contribution in [3.05, 3.63) is 11.4 Å². The number of rotatable bonds is 6. The molecule has 1 aromatic rings. The van der Waals surface area contributed by atoms with Crippen molar-refractivity contribution < 1.29 is 0 Å². The maximum atomic E-state index is 5.67. The first-order chi connectivity index (χ1) is 7.36. The van der Waals surface area contributed by atoms with Crippen LogP contribution < -0.4 is 5.73 Å². The number of hydrogen-bond donors (Lipinski definition) is 1. The van der Waals surface area contributed by atoms with Crippen LogP contribution in [0, 0.1) is 0 Å². The van der Waals surface area contributed by atoms with Gasteiger partial charge in [-0.25, -0.2) is 4.68 Å². The van der Waals surface area contributed by atoms with E-state index in [2.05, 4.69) is 21.9 Å². The molecule has 0 bridgehead atoms. The average molecular weight is 208 g/mol. The maximum absolute atomic E-state index is 5.67. The summed E-state index contributed by atoms with van der Waals surface area (Å²) in [6, 6.07) is 0. The van der Waals surface area contributed by atoms with Crippen LogP contribution in [-0.2, 0) is 13.1 Å². The Morgan fingerprint density at radius 2 is 2.20 bits per heavy atom. The number of nitrogens with zero attached hydrogens (tertiary/aromatic N) is 3. The summed E-state index contributed by atoms with van der Waals surface area (Å²) in [5, 5.41) is 8.37. The van der Waals surface area contributed by atoms with E-state index in [9.17, 15) is 0 Å². The standard InChI is InChI=1S/C11H20N4/c1-2-3-4-7-15-11(9-5-6-9)10(8-12)13-14-15/h9H,2-8,12H2,1H3. The molecule has 0 radical (unpaired) electrons. The van der Waals surface area contributed by atoms with Crippen LogP contribution >= 0.6 is 0 Å². The van der Waals surface area contributed by atoms with Crippen molar-refractivity contribution in [2.75, 3.05) is 0 Å². The van der Waals surface area contributed by atoms with Gasteiger partial charge in [-0.1, -0.05) is 25.0 Å². The van der Waals surface area contributed by atoms with E-state index >= 15 is 0 Å². The summed E-state index contributed by atoms with van der Waals surface area (Å²) in [6.07, 6.45) is 6.28. The van der Waals surface area contributed by atoms with Crippen molar-refractivity contribution in [1.82, 2.24) is 15.0 Å². The largest absolute Gasteiger partial charge is 0.325 e. The Morgan fingerprint density at radius 1 is 1.40 bits per heavy atom. The topological polar surface area (TPSA) is 56.7 Å². The first-order valence-corrected chi connectivity index (χ1v) is 5.99. The number of aromatic nitrogens is 3. The van der Waals surface area contributed by atoms with E-state index in [0.29, 0.717) is 12.5 Å². The van der Waals surface area contributed by atoms with E-state index < -0.39 is 0 Å². The zero-order valence-corrected chi connectivity index (χ0v) is 9.45. The third-order valence-electron chi connectivity index (χ3n) is 2.98. The monoisotopic (exact) mass is 208 g/mol. The molecule has 0 saturated heterocycles. The minimum Gasteiger partial charge on any atom is -0.325 e. The number of nitrogens with two attached hydrogens (primary N) is 1. The van der Waals surface area contributed by atoms with Crippen molar-refractivity contribution >= 4 is 0 Å². The van der Waals surface area contributed by atoms with Crippen LogP contribution in [-0.4, -0.2) is 15.0 Å². The average Bonchev–Trinajstić information content (AvgIpc) is 3.00. The van der Waals surface area contributed by atoms with Crippen LogP contribution in [0.25, 0.3) is 0 Å². The fraction of sp³-hybridized carbons (Fsp3) is 0.818. The molecule has 0 unspecified atom stereocenters. The zero-order valence-electron chi connectivity index (χ0n) is 9.45. The number of unbranched alkanes of at least 4 members (excludes halogenated alkanes) is 2. The predicted octanol–water partition coefficient (Wildman–Crippen LogP) is 1.80. The van der Waals surface area contributed by atoms with E-state index in [1.807, 2.05) is 0 Å². The van der Waals surface area contributed by atoms with Gasteiger partial charge in [0, 0.05) is 19.0 Å². The second-order valence-electron chi connectivity index (χ2n) is 4.33. The Bertz CT molecular complexity index is 314. The molecular formula is C11H20N4. The molecular weight excluding hydrogens is 188 g/mol. The van der Waals surface area contributed by atoms with Crippen molar-refractivity contribution in [3.63, 3.8) is 0 Å². The van der Waals surface area contributed by atoms with Crippen LogP contribution in [0.4, 0.5) is 0 Å². The summed E-state index contributed by atoms with van der Waals surface area (Å²) in [5.74, 6) is 0.695. The number of hydrogen-bond acceptors (Lipinski definition) is 3. The van der Waals surface area contributed by atoms with Gasteiger partial charge in [-0.3, -0.25) is 0 Å². The summed E-state index contributed by atoms with van der Waals surface area (Å²) in [7, 11) is 0. The second kappa shape index (κ2) is 4.75. The molecule has 1 fully saturated rings. The van der Waals surface area contributed by atoms with Crippen molar-refractivity contribution in [1.29, 1.82) is 0 Å². The van der Waals surface area contributed by atoms with Crippen molar-refractivity contribution in [2.24, 2.45) is 5.73 Å². The highest BCUT2D eigenvalue weighted by Gasteiger charge is 2.30. The molecule has 1 heterocycles. The molecule has 1 aliphatic rings. The lowest BCUT2D eigenvalue weighted by atomic mass is 10.2. The van der Waals surface area contributed by atoms with E-state index in [1.54, 1.807) is 0 Å². The van der Waals surface area contributed by atoms with Gasteiger partial charge in [0.25, 0.3) is 0 Å². The summed E-state index contributed by atoms with van der Waals surface area (Å²) < 4.78 is 2.08. The minimum atomic E-state index is 0.527. The minimum absolute atomic E-state index is 0.527. The van der Waals surface area contributed by atoms with E-state index in [1.165, 1.54) is 37.8 Å². The summed E-state index contributed by atoms with van der Waals surface area (Å²) >= 11 is 0. The lowest BCUT2D eigenvalue weighted by Crippen LogP contribution is -2.07. The van der Waals surface area contributed by atoms with Gasteiger partial charge in [0.15, 0.2) is 0 Å². The first-order valence-electron chi connectivity index (χ1n) is 5.99. The molecule has 1 saturated carbocycles. The van der Waals surface area contributed by atoms with Crippen LogP contribution in [0.1, 0.15) is 56.3 Å². The van der Waals surface area contributed by atoms with Crippen LogP contribution in [0.15, 0.2) is 0 Å². The second-order valence-corrected chi connectivity index (χ2v) is 4.33. The highest BCUT2D eigenvalue weighted by Crippen LogP contribution is 2.41. The summed E-state index contributed by atoms with van der Waals surface area (Å²) in [5.41, 5.74) is 7.99. The smallest absolute Gasteiger partial charge is 0.0997 e. The molecule has 0 spiro atoms. The Kier molecular flexibility index (Phi) is 3.36. The molecule has 0 atom stereocenters. The van der Waals surface area contributed by atoms with Gasteiger partial charge in [0.1, 0.15) is 0 Å². The van der Waals surface area contributed by atoms with Gasteiger partial charge in [-0.05, 0) is 19.3 Å². The molecule has 2 rings (SSSR count). The molecule has 0 aliphatic heterocycles. The lowest BCUT2D eigenvalue weighted by molar-refractivity contribution is 0.520. The first kappa shape index (κ1) is 10.6. The quantitative estimate of drug-likeness (QED) is 0.725. The van der Waals surface area contributed by atoms with Crippen molar-refractivity contribution in [3.8, 4) is 0 Å². The number of aryl methyl sites for hydroxylation is 1. The highest BCUT2D eigenvalue weighted by atomic mass is 15.4. The molecule has 84 valence electrons. The zero-order chi connectivity index (χ0) is 10.7. The van der Waals surface area contributed by atoms with Crippen LogP contribution in [0.5, 0.6) is 0 Å². The van der Waals surface area contributed by atoms with E-state index in [4.69, 9.17) is 5.73 Å². The Labute approximate surface area is 90.8 Å². The van der Waals surface area contributed by atoms with E-state index in [-0.39, 0.29) is 0 Å². The molecule has 0 aromatic carbocycles. The summed E-state index contributed by atoms with van der Waals surface area (Å²) in [4.78, 5) is 0. The van der Waals surface area contributed by atoms with Crippen molar-refractivity contribution in [2.45, 2.75) is 58.0 Å². The maximum Gasteiger partial charge on any atom is 0.0997 e. The fourth-order valence-electron chi connectivity index (χ4n) is 1.98. The van der Waals surface area contributed by atoms with Gasteiger partial charge < -0.3 is 5.73 Å². The van der Waals surface area contributed by atoms with Crippen LogP contribution in [0.2, 0.25) is 0 Å². The van der Waals surface area contributed by atoms with Crippen LogP contribution in [0.3, 0.4) is 0 Å². The molecule has 4 heteroatoms. The molecule has 1 aromatic heterocycles. The van der Waals surface area contributed by atoms with Gasteiger partial charge in [0.2, 0.25) is 0 Å². The Morgan fingerprint density at radius 3 is 2.80 bits per heavy atom. The van der Waals surface area contributed by atoms with Gasteiger partial charge in [-0.15, -0.1) is 5.10 Å². The highest BCUT2D eigenvalue weighted by molar-refractivity contribution is 5.20. The van der Waals surface area contributed by atoms with Gasteiger partial charge in [0.05, 0.1) is 11.4 Å². The Balaban J connectivity index is 2.05. The third-order valence-corrected chi connectivity index (χ3v) is 2.98. The molecule has 2 N–H and O–H groups in total. The molecule has 1 aliphatic carbocycles. The summed E-state index contributed by atoms with van der Waals surface area (Å²) in [6.45, 7) is 3.75. The lowest BCUT2D eigenvalue weighted by Gasteiger charge is -2.05. The third kappa shape index (κ3) is 2.37. The SMILES string of the molecule is CCCCCn1nnc(CN)c1C1CC1. The predicted molar refractivity (Wildman–Crippen MR) is 59.4 cm³/mol. The molecule has 4 nitrogen and oxygen atoms in total. The fourth-order valence-corrected chi connectivity index (χ4v) is 1.98.